The van der Waals surface area contributed by atoms with Gasteiger partial charge >= 0.3 is 0 Å². The molecule has 8 heteroatoms. The van der Waals surface area contributed by atoms with Crippen LogP contribution in [0.5, 0.6) is 0 Å². The lowest BCUT2D eigenvalue weighted by Crippen LogP contribution is -2.11. The second-order valence-corrected chi connectivity index (χ2v) is 5.96. The summed E-state index contributed by atoms with van der Waals surface area (Å²) in [5, 5.41) is 22.2. The fraction of sp³-hybridized carbons (Fsp3) is 0. The molecule has 0 unspecified atom stereocenters. The van der Waals surface area contributed by atoms with Crippen molar-refractivity contribution in [3.63, 3.8) is 0 Å². The summed E-state index contributed by atoms with van der Waals surface area (Å²) in [5.74, 6) is -0.474. The summed E-state index contributed by atoms with van der Waals surface area (Å²) in [4.78, 5) is 22.4. The van der Waals surface area contributed by atoms with Crippen molar-refractivity contribution in [1.82, 2.24) is 10.2 Å². The maximum Gasteiger partial charge on any atom is 0.270 e. The van der Waals surface area contributed by atoms with Crippen LogP contribution in [0, 0.1) is 10.1 Å². The summed E-state index contributed by atoms with van der Waals surface area (Å²) < 4.78 is 0. The number of rotatable bonds is 5. The molecule has 0 fully saturated rings. The van der Waals surface area contributed by atoms with Gasteiger partial charge in [0.1, 0.15) is 5.01 Å². The minimum absolute atomic E-state index is 0.142. The number of non-ortho nitro benzene ring substituents is 1. The van der Waals surface area contributed by atoms with Gasteiger partial charge in [-0.05, 0) is 17.7 Å². The molecule has 0 aliphatic heterocycles. The van der Waals surface area contributed by atoms with Gasteiger partial charge < -0.3 is 0 Å². The molecule has 1 amide bonds. The first kappa shape index (κ1) is 16.5. The predicted octanol–water partition coefficient (Wildman–Crippen LogP) is 3.87. The number of carbonyl (C=O) groups is 1. The standard InChI is InChI=1S/C17H12N4O3S/c22-16(13-7-4-8-14(11-13)21(23)24)18-17-20-19-15(25-17)10-9-12-5-2-1-3-6-12/h1-11H,(H,18,20,22)/b10-9+. The zero-order valence-corrected chi connectivity index (χ0v) is 13.6. The highest BCUT2D eigenvalue weighted by Gasteiger charge is 2.13. The van der Waals surface area contributed by atoms with Crippen LogP contribution in [0.3, 0.4) is 0 Å². The third-order valence-electron chi connectivity index (χ3n) is 3.20. The van der Waals surface area contributed by atoms with Crippen LogP contribution in [0.2, 0.25) is 0 Å². The van der Waals surface area contributed by atoms with Crippen molar-refractivity contribution in [2.24, 2.45) is 0 Å². The zero-order valence-electron chi connectivity index (χ0n) is 12.8. The van der Waals surface area contributed by atoms with Crippen LogP contribution in [-0.4, -0.2) is 21.0 Å². The molecule has 124 valence electrons. The summed E-state index contributed by atoms with van der Waals surface area (Å²) in [7, 11) is 0. The SMILES string of the molecule is O=C(Nc1nnc(/C=C/c2ccccc2)s1)c1cccc([N+](=O)[O-])c1. The molecule has 0 spiro atoms. The number of aromatic nitrogens is 2. The Morgan fingerprint density at radius 2 is 1.88 bits per heavy atom. The third kappa shape index (κ3) is 4.33. The van der Waals surface area contributed by atoms with Gasteiger partial charge in [0.2, 0.25) is 5.13 Å². The molecule has 0 atom stereocenters. The highest BCUT2D eigenvalue weighted by molar-refractivity contribution is 7.16. The second-order valence-electron chi connectivity index (χ2n) is 4.95. The van der Waals surface area contributed by atoms with Crippen molar-refractivity contribution in [3.05, 3.63) is 80.8 Å². The monoisotopic (exact) mass is 352 g/mol. The minimum atomic E-state index is -0.547. The Hall–Kier alpha value is -3.39. The van der Waals surface area contributed by atoms with Crippen molar-refractivity contribution in [3.8, 4) is 0 Å². The number of anilines is 1. The van der Waals surface area contributed by atoms with E-state index in [2.05, 4.69) is 15.5 Å². The highest BCUT2D eigenvalue weighted by atomic mass is 32.1. The molecule has 1 aromatic heterocycles. The van der Waals surface area contributed by atoms with Crippen LogP contribution >= 0.6 is 11.3 Å². The Morgan fingerprint density at radius 3 is 2.64 bits per heavy atom. The number of nitrogens with one attached hydrogen (secondary N) is 1. The summed E-state index contributed by atoms with van der Waals surface area (Å²) in [6.07, 6.45) is 3.70. The van der Waals surface area contributed by atoms with Crippen molar-refractivity contribution in [1.29, 1.82) is 0 Å². The lowest BCUT2D eigenvalue weighted by Gasteiger charge is -2.00. The Kier molecular flexibility index (Phi) is 4.91. The lowest BCUT2D eigenvalue weighted by atomic mass is 10.2. The fourth-order valence-electron chi connectivity index (χ4n) is 2.01. The number of hydrogen-bond acceptors (Lipinski definition) is 6. The van der Waals surface area contributed by atoms with Crippen LogP contribution in [0.15, 0.2) is 54.6 Å². The summed E-state index contributed by atoms with van der Waals surface area (Å²) in [6.45, 7) is 0. The van der Waals surface area contributed by atoms with Crippen molar-refractivity contribution in [2.75, 3.05) is 5.32 Å². The molecule has 0 saturated heterocycles. The first-order valence-electron chi connectivity index (χ1n) is 7.24. The average molecular weight is 352 g/mol. The van der Waals surface area contributed by atoms with E-state index in [1.807, 2.05) is 36.4 Å². The topological polar surface area (TPSA) is 98.0 Å². The molecular weight excluding hydrogens is 340 g/mol. The molecule has 7 nitrogen and oxygen atoms in total. The number of nitro benzene ring substituents is 1. The van der Waals surface area contributed by atoms with E-state index < -0.39 is 10.8 Å². The Bertz CT molecular complexity index is 938. The molecular formula is C17H12N4O3S. The van der Waals surface area contributed by atoms with Gasteiger partial charge in [0.25, 0.3) is 11.6 Å². The number of amides is 1. The van der Waals surface area contributed by atoms with E-state index in [1.165, 1.54) is 35.6 Å². The Labute approximate surface area is 146 Å². The lowest BCUT2D eigenvalue weighted by molar-refractivity contribution is -0.384. The maximum atomic E-state index is 12.2. The van der Waals surface area contributed by atoms with E-state index in [-0.39, 0.29) is 11.3 Å². The smallest absolute Gasteiger partial charge is 0.270 e. The third-order valence-corrected chi connectivity index (χ3v) is 4.00. The van der Waals surface area contributed by atoms with E-state index in [0.29, 0.717) is 10.1 Å². The van der Waals surface area contributed by atoms with Crippen molar-refractivity contribution < 1.29 is 9.72 Å². The normalized spacial score (nSPS) is 10.7. The average Bonchev–Trinajstić information content (AvgIpc) is 3.08. The number of nitro groups is 1. The highest BCUT2D eigenvalue weighted by Crippen LogP contribution is 2.20. The molecule has 0 saturated carbocycles. The minimum Gasteiger partial charge on any atom is -0.296 e. The first-order chi connectivity index (χ1) is 12.1. The van der Waals surface area contributed by atoms with Gasteiger partial charge in [-0.25, -0.2) is 0 Å². The Balaban J connectivity index is 1.69. The van der Waals surface area contributed by atoms with Crippen molar-refractivity contribution in [2.45, 2.75) is 0 Å². The van der Waals surface area contributed by atoms with E-state index in [0.717, 1.165) is 5.56 Å². The first-order valence-corrected chi connectivity index (χ1v) is 8.06. The van der Waals surface area contributed by atoms with Gasteiger partial charge in [0, 0.05) is 17.7 Å². The van der Waals surface area contributed by atoms with E-state index in [9.17, 15) is 14.9 Å². The molecule has 2 aromatic carbocycles. The van der Waals surface area contributed by atoms with Crippen LogP contribution in [-0.2, 0) is 0 Å². The largest absolute Gasteiger partial charge is 0.296 e. The Morgan fingerprint density at radius 1 is 1.08 bits per heavy atom. The van der Waals surface area contributed by atoms with Gasteiger partial charge in [0.05, 0.1) is 4.92 Å². The number of benzene rings is 2. The van der Waals surface area contributed by atoms with Gasteiger partial charge in [-0.1, -0.05) is 53.8 Å². The van der Waals surface area contributed by atoms with Crippen LogP contribution in [0.1, 0.15) is 20.9 Å². The number of nitrogens with zero attached hydrogens (tertiary/aromatic N) is 3. The van der Waals surface area contributed by atoms with Gasteiger partial charge in [-0.3, -0.25) is 20.2 Å². The molecule has 1 heterocycles. The summed E-state index contributed by atoms with van der Waals surface area (Å²) >= 11 is 1.21. The molecule has 25 heavy (non-hydrogen) atoms. The molecule has 0 aliphatic rings. The molecule has 3 rings (SSSR count). The van der Waals surface area contributed by atoms with Crippen LogP contribution in [0.4, 0.5) is 10.8 Å². The summed E-state index contributed by atoms with van der Waals surface area (Å²) in [5.41, 5.74) is 1.07. The second kappa shape index (κ2) is 7.45. The number of hydrogen-bond donors (Lipinski definition) is 1. The maximum absolute atomic E-state index is 12.2. The zero-order chi connectivity index (χ0) is 17.6. The molecule has 0 aliphatic carbocycles. The van der Waals surface area contributed by atoms with Gasteiger partial charge in [-0.2, -0.15) is 0 Å². The predicted molar refractivity (Wildman–Crippen MR) is 96.3 cm³/mol. The van der Waals surface area contributed by atoms with E-state index >= 15 is 0 Å². The van der Waals surface area contributed by atoms with Crippen LogP contribution in [0.25, 0.3) is 12.2 Å². The fourth-order valence-corrected chi connectivity index (χ4v) is 2.66. The molecule has 0 bridgehead atoms. The van der Waals surface area contributed by atoms with E-state index in [1.54, 1.807) is 6.08 Å². The summed E-state index contributed by atoms with van der Waals surface area (Å²) in [6, 6.07) is 15.2. The van der Waals surface area contributed by atoms with Crippen LogP contribution < -0.4 is 5.32 Å². The molecule has 3 aromatic rings. The quantitative estimate of drug-likeness (QED) is 0.555. The molecule has 1 N–H and O–H groups in total. The van der Waals surface area contributed by atoms with Gasteiger partial charge in [-0.15, -0.1) is 10.2 Å². The van der Waals surface area contributed by atoms with Crippen molar-refractivity contribution >= 4 is 40.2 Å². The van der Waals surface area contributed by atoms with E-state index in [4.69, 9.17) is 0 Å². The number of carbonyl (C=O) groups excluding carboxylic acids is 1. The van der Waals surface area contributed by atoms with Gasteiger partial charge in [0.15, 0.2) is 0 Å². The molecule has 0 radical (unpaired) electrons.